The predicted molar refractivity (Wildman–Crippen MR) is 68.6 cm³/mol. The molecule has 1 fully saturated rings. The van der Waals surface area contributed by atoms with Gasteiger partial charge in [-0.25, -0.2) is 8.42 Å². The summed E-state index contributed by atoms with van der Waals surface area (Å²) in [6.07, 6.45) is -2.43. The molecule has 20 heavy (non-hydrogen) atoms. The average molecular weight is 307 g/mol. The Balaban J connectivity index is 2.50. The zero-order chi connectivity index (χ0) is 15.0. The average Bonchev–Trinajstić information content (AvgIpc) is 2.38. The summed E-state index contributed by atoms with van der Waals surface area (Å²) in [5, 5.41) is 0. The molecule has 1 aromatic carbocycles. The number of sulfonamides is 1. The lowest BCUT2D eigenvalue weighted by Gasteiger charge is -2.32. The molecule has 0 aromatic heterocycles. The highest BCUT2D eigenvalue weighted by Gasteiger charge is 2.40. The van der Waals surface area contributed by atoms with Crippen molar-refractivity contribution in [1.29, 1.82) is 0 Å². The van der Waals surface area contributed by atoms with Crippen molar-refractivity contribution in [2.24, 2.45) is 0 Å². The predicted octanol–water partition coefficient (Wildman–Crippen LogP) is 3.27. The first-order valence-electron chi connectivity index (χ1n) is 6.42. The molecule has 1 unspecified atom stereocenters. The summed E-state index contributed by atoms with van der Waals surface area (Å²) in [7, 11) is -4.11. The quantitative estimate of drug-likeness (QED) is 0.841. The lowest BCUT2D eigenvalue weighted by atomic mass is 10.1. The van der Waals surface area contributed by atoms with Gasteiger partial charge in [0.1, 0.15) is 0 Å². The van der Waals surface area contributed by atoms with E-state index in [1.54, 1.807) is 6.92 Å². The number of hydrogen-bond acceptors (Lipinski definition) is 2. The van der Waals surface area contributed by atoms with E-state index in [-0.39, 0.29) is 12.6 Å². The van der Waals surface area contributed by atoms with Gasteiger partial charge in [0.25, 0.3) is 0 Å². The molecule has 7 heteroatoms. The van der Waals surface area contributed by atoms with Crippen LogP contribution < -0.4 is 0 Å². The van der Waals surface area contributed by atoms with E-state index in [9.17, 15) is 21.6 Å². The largest absolute Gasteiger partial charge is 0.417 e. The standard InChI is InChI=1S/C13H16F3NO2S/c1-10-6-4-5-9-17(10)20(18,19)12-8-3-2-7-11(12)13(14,15)16/h2-3,7-8,10H,4-6,9H2,1H3. The van der Waals surface area contributed by atoms with Gasteiger partial charge in [-0.2, -0.15) is 17.5 Å². The number of nitrogens with zero attached hydrogens (tertiary/aromatic N) is 1. The molecule has 2 rings (SSSR count). The van der Waals surface area contributed by atoms with Crippen LogP contribution in [0.4, 0.5) is 13.2 Å². The first-order chi connectivity index (χ1) is 9.24. The molecule has 0 amide bonds. The molecule has 1 aliphatic heterocycles. The van der Waals surface area contributed by atoms with Gasteiger partial charge in [0, 0.05) is 12.6 Å². The van der Waals surface area contributed by atoms with Crippen molar-refractivity contribution in [3.8, 4) is 0 Å². The zero-order valence-electron chi connectivity index (χ0n) is 11.0. The van der Waals surface area contributed by atoms with E-state index in [0.29, 0.717) is 12.8 Å². The second-order valence-corrected chi connectivity index (χ2v) is 6.81. The SMILES string of the molecule is CC1CCCCN1S(=O)(=O)c1ccccc1C(F)(F)F. The summed E-state index contributed by atoms with van der Waals surface area (Å²) in [6.45, 7) is 2.00. The third-order valence-electron chi connectivity index (χ3n) is 3.52. The fourth-order valence-electron chi connectivity index (χ4n) is 2.48. The van der Waals surface area contributed by atoms with Crippen molar-refractivity contribution in [3.05, 3.63) is 29.8 Å². The molecule has 1 saturated heterocycles. The first kappa shape index (κ1) is 15.3. The lowest BCUT2D eigenvalue weighted by Crippen LogP contribution is -2.42. The summed E-state index contributed by atoms with van der Waals surface area (Å²) >= 11 is 0. The molecule has 1 aliphatic rings. The fourth-order valence-corrected chi connectivity index (χ4v) is 4.39. The maximum Gasteiger partial charge on any atom is 0.417 e. The van der Waals surface area contributed by atoms with Crippen molar-refractivity contribution in [2.75, 3.05) is 6.54 Å². The normalized spacial score (nSPS) is 21.9. The number of hydrogen-bond donors (Lipinski definition) is 0. The Morgan fingerprint density at radius 2 is 1.85 bits per heavy atom. The number of piperidine rings is 1. The highest BCUT2D eigenvalue weighted by Crippen LogP contribution is 2.36. The van der Waals surface area contributed by atoms with Gasteiger partial charge in [-0.05, 0) is 31.9 Å². The van der Waals surface area contributed by atoms with Crippen LogP contribution in [0.2, 0.25) is 0 Å². The summed E-state index contributed by atoms with van der Waals surface area (Å²) in [4.78, 5) is -0.652. The molecule has 0 radical (unpaired) electrons. The first-order valence-corrected chi connectivity index (χ1v) is 7.86. The molecular weight excluding hydrogens is 291 g/mol. The van der Waals surface area contributed by atoms with Crippen molar-refractivity contribution in [3.63, 3.8) is 0 Å². The Hall–Kier alpha value is -1.08. The molecule has 0 aliphatic carbocycles. The zero-order valence-corrected chi connectivity index (χ0v) is 11.8. The molecule has 0 spiro atoms. The molecule has 1 heterocycles. The van der Waals surface area contributed by atoms with Crippen LogP contribution in [0.25, 0.3) is 0 Å². The van der Waals surface area contributed by atoms with E-state index in [1.165, 1.54) is 16.4 Å². The van der Waals surface area contributed by atoms with Crippen LogP contribution in [-0.2, 0) is 16.2 Å². The Bertz CT molecular complexity index is 584. The summed E-state index contributed by atoms with van der Waals surface area (Å²) in [6, 6.07) is 4.08. The number of rotatable bonds is 2. The minimum Gasteiger partial charge on any atom is -0.207 e. The lowest BCUT2D eigenvalue weighted by molar-refractivity contribution is -0.139. The third kappa shape index (κ3) is 2.83. The molecule has 1 atom stereocenters. The number of alkyl halides is 3. The highest BCUT2D eigenvalue weighted by molar-refractivity contribution is 7.89. The van der Waals surface area contributed by atoms with E-state index >= 15 is 0 Å². The Kier molecular flexibility index (Phi) is 4.11. The summed E-state index contributed by atoms with van der Waals surface area (Å²) in [5.74, 6) is 0. The second kappa shape index (κ2) is 5.37. The van der Waals surface area contributed by atoms with Gasteiger partial charge >= 0.3 is 6.18 Å². The Morgan fingerprint density at radius 1 is 1.20 bits per heavy atom. The topological polar surface area (TPSA) is 37.4 Å². The Morgan fingerprint density at radius 3 is 2.45 bits per heavy atom. The van der Waals surface area contributed by atoms with Crippen LogP contribution in [-0.4, -0.2) is 25.3 Å². The van der Waals surface area contributed by atoms with E-state index in [1.807, 2.05) is 0 Å². The van der Waals surface area contributed by atoms with Crippen molar-refractivity contribution >= 4 is 10.0 Å². The number of halogens is 3. The molecular formula is C13H16F3NO2S. The van der Waals surface area contributed by atoms with Gasteiger partial charge in [0.15, 0.2) is 0 Å². The summed E-state index contributed by atoms with van der Waals surface area (Å²) in [5.41, 5.74) is -1.10. The second-order valence-electron chi connectivity index (χ2n) is 4.95. The maximum absolute atomic E-state index is 13.0. The van der Waals surface area contributed by atoms with Crippen molar-refractivity contribution in [2.45, 2.75) is 43.3 Å². The van der Waals surface area contributed by atoms with Crippen molar-refractivity contribution in [1.82, 2.24) is 4.31 Å². The molecule has 112 valence electrons. The van der Waals surface area contributed by atoms with Crippen LogP contribution in [0.15, 0.2) is 29.2 Å². The van der Waals surface area contributed by atoms with Crippen LogP contribution in [0.1, 0.15) is 31.7 Å². The third-order valence-corrected chi connectivity index (χ3v) is 5.59. The molecule has 3 nitrogen and oxygen atoms in total. The molecule has 0 N–H and O–H groups in total. The molecule has 0 saturated carbocycles. The number of benzene rings is 1. The van der Waals surface area contributed by atoms with E-state index < -0.39 is 26.7 Å². The minimum atomic E-state index is -4.68. The van der Waals surface area contributed by atoms with Gasteiger partial charge in [0.2, 0.25) is 10.0 Å². The van der Waals surface area contributed by atoms with E-state index in [2.05, 4.69) is 0 Å². The summed E-state index contributed by atoms with van der Waals surface area (Å²) < 4.78 is 65.0. The van der Waals surface area contributed by atoms with Gasteiger partial charge < -0.3 is 0 Å². The van der Waals surface area contributed by atoms with Gasteiger partial charge in [-0.3, -0.25) is 0 Å². The van der Waals surface area contributed by atoms with Gasteiger partial charge in [-0.1, -0.05) is 18.6 Å². The van der Waals surface area contributed by atoms with E-state index in [4.69, 9.17) is 0 Å². The van der Waals surface area contributed by atoms with Crippen LogP contribution >= 0.6 is 0 Å². The van der Waals surface area contributed by atoms with Crippen LogP contribution in [0.3, 0.4) is 0 Å². The van der Waals surface area contributed by atoms with Crippen molar-refractivity contribution < 1.29 is 21.6 Å². The smallest absolute Gasteiger partial charge is 0.207 e. The van der Waals surface area contributed by atoms with Gasteiger partial charge in [0.05, 0.1) is 10.5 Å². The minimum absolute atomic E-state index is 0.268. The van der Waals surface area contributed by atoms with Gasteiger partial charge in [-0.15, -0.1) is 0 Å². The van der Waals surface area contributed by atoms with Crippen LogP contribution in [0, 0.1) is 0 Å². The van der Waals surface area contributed by atoms with E-state index in [0.717, 1.165) is 18.6 Å². The molecule has 0 bridgehead atoms. The van der Waals surface area contributed by atoms with Crippen LogP contribution in [0.5, 0.6) is 0 Å². The highest BCUT2D eigenvalue weighted by atomic mass is 32.2. The maximum atomic E-state index is 13.0. The monoisotopic (exact) mass is 307 g/mol. The Labute approximate surface area is 116 Å². The molecule has 1 aromatic rings. The fraction of sp³-hybridized carbons (Fsp3) is 0.538.